The fraction of sp³-hybridized carbons (Fsp3) is 0.125. The van der Waals surface area contributed by atoms with Crippen molar-refractivity contribution in [2.45, 2.75) is 12.8 Å². The normalized spacial score (nSPS) is 13.8. The van der Waals surface area contributed by atoms with Gasteiger partial charge >= 0.3 is 0 Å². The van der Waals surface area contributed by atoms with E-state index in [1.807, 2.05) is 6.07 Å². The Morgan fingerprint density at radius 2 is 1.47 bits per heavy atom. The molecule has 0 aromatic heterocycles. The Hall–Kier alpha value is -2.42. The quantitative estimate of drug-likeness (QED) is 0.733. The molecule has 0 unspecified atom stereocenters. The summed E-state index contributed by atoms with van der Waals surface area (Å²) in [4.78, 5) is 0. The molecule has 0 aliphatic heterocycles. The summed E-state index contributed by atoms with van der Waals surface area (Å²) in [7, 11) is 0. The number of phenolic OH excluding ortho intramolecular Hbond substituents is 3. The van der Waals surface area contributed by atoms with Crippen LogP contribution in [0.2, 0.25) is 0 Å². The lowest BCUT2D eigenvalue weighted by molar-refractivity contribution is 0.450. The summed E-state index contributed by atoms with van der Waals surface area (Å²) in [5.74, 6) is 0.408. The maximum Gasteiger partial charge on any atom is 0.119 e. The minimum atomic E-state index is 0.0624. The smallest absolute Gasteiger partial charge is 0.119 e. The number of allylic oxidation sites excluding steroid dienone is 2. The SMILES string of the molecule is Oc1cc(O)cc(C2=CCc3cc(O)ccc3C2)c1. The molecule has 1 aliphatic rings. The molecule has 0 amide bonds. The molecule has 3 rings (SSSR count). The number of aromatic hydroxyl groups is 3. The summed E-state index contributed by atoms with van der Waals surface area (Å²) in [5, 5.41) is 28.5. The Labute approximate surface area is 111 Å². The lowest BCUT2D eigenvalue weighted by atomic mass is 9.88. The van der Waals surface area contributed by atoms with Gasteiger partial charge in [0.15, 0.2) is 0 Å². The summed E-state index contributed by atoms with van der Waals surface area (Å²) in [5.41, 5.74) is 4.19. The predicted molar refractivity (Wildman–Crippen MR) is 73.3 cm³/mol. The summed E-state index contributed by atoms with van der Waals surface area (Å²) in [6, 6.07) is 10.00. The zero-order valence-corrected chi connectivity index (χ0v) is 10.3. The van der Waals surface area contributed by atoms with Gasteiger partial charge in [0.2, 0.25) is 0 Å². The summed E-state index contributed by atoms with van der Waals surface area (Å²) >= 11 is 0. The molecule has 19 heavy (non-hydrogen) atoms. The molecule has 0 saturated carbocycles. The Morgan fingerprint density at radius 1 is 0.737 bits per heavy atom. The van der Waals surface area contributed by atoms with E-state index in [1.54, 1.807) is 24.3 Å². The van der Waals surface area contributed by atoms with Crippen molar-refractivity contribution in [2.24, 2.45) is 0 Å². The van der Waals surface area contributed by atoms with E-state index >= 15 is 0 Å². The minimum absolute atomic E-state index is 0.0624. The first kappa shape index (κ1) is 11.7. The first-order valence-electron chi connectivity index (χ1n) is 6.15. The van der Waals surface area contributed by atoms with Crippen LogP contribution in [0.3, 0.4) is 0 Å². The van der Waals surface area contributed by atoms with Crippen molar-refractivity contribution in [3.05, 3.63) is 59.2 Å². The van der Waals surface area contributed by atoms with Crippen LogP contribution in [0, 0.1) is 0 Å². The van der Waals surface area contributed by atoms with Gasteiger partial charge in [-0.3, -0.25) is 0 Å². The summed E-state index contributed by atoms with van der Waals surface area (Å²) < 4.78 is 0. The van der Waals surface area contributed by atoms with E-state index in [0.29, 0.717) is 0 Å². The van der Waals surface area contributed by atoms with Crippen LogP contribution in [0.25, 0.3) is 5.57 Å². The zero-order chi connectivity index (χ0) is 13.4. The first-order valence-corrected chi connectivity index (χ1v) is 6.15. The van der Waals surface area contributed by atoms with Crippen LogP contribution < -0.4 is 0 Å². The highest BCUT2D eigenvalue weighted by molar-refractivity contribution is 5.72. The van der Waals surface area contributed by atoms with Gasteiger partial charge in [-0.05, 0) is 59.4 Å². The van der Waals surface area contributed by atoms with Gasteiger partial charge in [0.05, 0.1) is 0 Å². The average molecular weight is 254 g/mol. The van der Waals surface area contributed by atoms with Gasteiger partial charge in [-0.1, -0.05) is 12.1 Å². The third-order valence-corrected chi connectivity index (χ3v) is 3.41. The van der Waals surface area contributed by atoms with E-state index in [-0.39, 0.29) is 17.2 Å². The molecule has 0 saturated heterocycles. The minimum Gasteiger partial charge on any atom is -0.508 e. The first-order chi connectivity index (χ1) is 9.11. The third-order valence-electron chi connectivity index (χ3n) is 3.41. The Morgan fingerprint density at radius 3 is 2.21 bits per heavy atom. The van der Waals surface area contributed by atoms with Crippen molar-refractivity contribution in [1.82, 2.24) is 0 Å². The lowest BCUT2D eigenvalue weighted by Crippen LogP contribution is -2.02. The van der Waals surface area contributed by atoms with Gasteiger partial charge < -0.3 is 15.3 Å². The van der Waals surface area contributed by atoms with Crippen LogP contribution in [0.15, 0.2) is 42.5 Å². The standard InChI is InChI=1S/C16H14O3/c17-14-4-3-10-5-11(1-2-12(10)6-14)13-7-15(18)9-16(19)8-13/h1,3-4,6-9,17-19H,2,5H2. The van der Waals surface area contributed by atoms with E-state index in [0.717, 1.165) is 35.1 Å². The zero-order valence-electron chi connectivity index (χ0n) is 10.3. The molecule has 2 aromatic carbocycles. The number of fused-ring (bicyclic) bond motifs is 1. The molecule has 0 heterocycles. The average Bonchev–Trinajstić information content (AvgIpc) is 2.37. The van der Waals surface area contributed by atoms with Crippen LogP contribution in [-0.2, 0) is 12.8 Å². The van der Waals surface area contributed by atoms with Crippen molar-refractivity contribution in [3.63, 3.8) is 0 Å². The van der Waals surface area contributed by atoms with Gasteiger partial charge in [-0.15, -0.1) is 0 Å². The second-order valence-corrected chi connectivity index (χ2v) is 4.80. The highest BCUT2D eigenvalue weighted by atomic mass is 16.3. The molecular formula is C16H14O3. The van der Waals surface area contributed by atoms with Gasteiger partial charge in [0, 0.05) is 6.07 Å². The summed E-state index contributed by atoms with van der Waals surface area (Å²) in [6.45, 7) is 0. The molecule has 0 fully saturated rings. The molecular weight excluding hydrogens is 240 g/mol. The lowest BCUT2D eigenvalue weighted by Gasteiger charge is -2.18. The van der Waals surface area contributed by atoms with Crippen LogP contribution in [0.4, 0.5) is 0 Å². The largest absolute Gasteiger partial charge is 0.508 e. The van der Waals surface area contributed by atoms with Gasteiger partial charge in [0.25, 0.3) is 0 Å². The van der Waals surface area contributed by atoms with E-state index in [1.165, 1.54) is 6.07 Å². The van der Waals surface area contributed by atoms with Gasteiger partial charge in [0.1, 0.15) is 17.2 Å². The Kier molecular flexibility index (Phi) is 2.67. The molecule has 96 valence electrons. The number of hydrogen-bond donors (Lipinski definition) is 3. The second-order valence-electron chi connectivity index (χ2n) is 4.80. The van der Waals surface area contributed by atoms with Crippen molar-refractivity contribution in [1.29, 1.82) is 0 Å². The highest BCUT2D eigenvalue weighted by Gasteiger charge is 2.14. The molecule has 1 aliphatic carbocycles. The van der Waals surface area contributed by atoms with Gasteiger partial charge in [-0.25, -0.2) is 0 Å². The topological polar surface area (TPSA) is 60.7 Å². The molecule has 3 heteroatoms. The van der Waals surface area contributed by atoms with Crippen LogP contribution >= 0.6 is 0 Å². The predicted octanol–water partition coefficient (Wildman–Crippen LogP) is 2.99. The van der Waals surface area contributed by atoms with E-state index in [4.69, 9.17) is 0 Å². The fourth-order valence-electron chi connectivity index (χ4n) is 2.49. The van der Waals surface area contributed by atoms with Crippen molar-refractivity contribution < 1.29 is 15.3 Å². The number of rotatable bonds is 1. The molecule has 3 N–H and O–H groups in total. The number of benzene rings is 2. The second kappa shape index (κ2) is 4.35. The van der Waals surface area contributed by atoms with Crippen molar-refractivity contribution in [3.8, 4) is 17.2 Å². The number of hydrogen-bond acceptors (Lipinski definition) is 3. The van der Waals surface area contributed by atoms with Gasteiger partial charge in [-0.2, -0.15) is 0 Å². The highest BCUT2D eigenvalue weighted by Crippen LogP contribution is 2.32. The van der Waals surface area contributed by atoms with E-state index in [9.17, 15) is 15.3 Å². The summed E-state index contributed by atoms with van der Waals surface area (Å²) in [6.07, 6.45) is 3.55. The van der Waals surface area contributed by atoms with Crippen LogP contribution in [0.1, 0.15) is 16.7 Å². The molecule has 0 radical (unpaired) electrons. The number of phenols is 3. The van der Waals surface area contributed by atoms with E-state index < -0.39 is 0 Å². The molecule has 0 atom stereocenters. The van der Waals surface area contributed by atoms with Crippen LogP contribution in [0.5, 0.6) is 17.2 Å². The van der Waals surface area contributed by atoms with Crippen LogP contribution in [-0.4, -0.2) is 15.3 Å². The third kappa shape index (κ3) is 2.27. The molecule has 3 nitrogen and oxygen atoms in total. The maximum atomic E-state index is 9.54. The van der Waals surface area contributed by atoms with Crippen molar-refractivity contribution in [2.75, 3.05) is 0 Å². The Bertz CT molecular complexity index is 651. The van der Waals surface area contributed by atoms with Crippen molar-refractivity contribution >= 4 is 5.57 Å². The molecule has 2 aromatic rings. The fourth-order valence-corrected chi connectivity index (χ4v) is 2.49. The molecule has 0 bridgehead atoms. The Balaban J connectivity index is 1.97. The maximum absolute atomic E-state index is 9.54. The molecule has 0 spiro atoms. The monoisotopic (exact) mass is 254 g/mol. The van der Waals surface area contributed by atoms with E-state index in [2.05, 4.69) is 6.08 Å².